The van der Waals surface area contributed by atoms with Crippen LogP contribution in [0, 0.1) is 6.92 Å². The number of nitrogens with one attached hydrogen (secondary N) is 1. The maximum absolute atomic E-state index is 11.9. The predicted molar refractivity (Wildman–Crippen MR) is 68.2 cm³/mol. The Morgan fingerprint density at radius 1 is 1.53 bits per heavy atom. The largest absolute Gasteiger partial charge is 0.465 e. The van der Waals surface area contributed by atoms with Gasteiger partial charge in [-0.1, -0.05) is 0 Å². The number of ether oxygens (including phenoxy) is 1. The highest BCUT2D eigenvalue weighted by Crippen LogP contribution is 2.19. The Labute approximate surface area is 112 Å². The number of furan rings is 1. The molecule has 0 amide bonds. The fraction of sp³-hybridized carbons (Fsp3) is 0.545. The van der Waals surface area contributed by atoms with Crippen LogP contribution in [-0.2, 0) is 14.8 Å². The lowest BCUT2D eigenvalue weighted by atomic mass is 10.1. The molecule has 0 saturated heterocycles. The topological polar surface area (TPSA) is 112 Å². The quantitative estimate of drug-likeness (QED) is 0.759. The van der Waals surface area contributed by atoms with E-state index < -0.39 is 21.5 Å². The first kappa shape index (κ1) is 15.7. The molecule has 0 unspecified atom stereocenters. The first-order valence-corrected chi connectivity index (χ1v) is 7.02. The molecule has 0 fully saturated rings. The Kier molecular flexibility index (Phi) is 4.39. The average molecular weight is 290 g/mol. The summed E-state index contributed by atoms with van der Waals surface area (Å²) in [5.74, 6) is -0.471. The number of sulfonamides is 1. The summed E-state index contributed by atoms with van der Waals surface area (Å²) in [6.07, 6.45) is 0. The SMILES string of the molecule is COC(=O)c1cc(S(=O)(=O)NCC(C)(C)N)oc1C. The van der Waals surface area contributed by atoms with Crippen LogP contribution in [0.15, 0.2) is 15.6 Å². The number of nitrogens with two attached hydrogens (primary N) is 1. The average Bonchev–Trinajstić information content (AvgIpc) is 2.68. The molecule has 8 heteroatoms. The van der Waals surface area contributed by atoms with Gasteiger partial charge in [-0.05, 0) is 20.8 Å². The molecule has 19 heavy (non-hydrogen) atoms. The van der Waals surface area contributed by atoms with E-state index in [1.165, 1.54) is 14.0 Å². The van der Waals surface area contributed by atoms with Gasteiger partial charge in [-0.15, -0.1) is 0 Å². The zero-order chi connectivity index (χ0) is 14.8. The number of aryl methyl sites for hydroxylation is 1. The van der Waals surface area contributed by atoms with E-state index in [0.717, 1.165) is 6.07 Å². The summed E-state index contributed by atoms with van der Waals surface area (Å²) in [6.45, 7) is 4.90. The van der Waals surface area contributed by atoms with Crippen molar-refractivity contribution in [2.45, 2.75) is 31.4 Å². The minimum absolute atomic E-state index is 0.0443. The molecule has 108 valence electrons. The summed E-state index contributed by atoms with van der Waals surface area (Å²) in [6, 6.07) is 1.13. The molecule has 0 aromatic carbocycles. The second kappa shape index (κ2) is 5.32. The fourth-order valence-electron chi connectivity index (χ4n) is 1.25. The lowest BCUT2D eigenvalue weighted by Crippen LogP contribution is -2.44. The molecule has 0 aliphatic rings. The predicted octanol–water partition coefficient (Wildman–Crippen LogP) is 0.390. The van der Waals surface area contributed by atoms with E-state index in [1.54, 1.807) is 13.8 Å². The van der Waals surface area contributed by atoms with Gasteiger partial charge in [-0.2, -0.15) is 0 Å². The maximum atomic E-state index is 11.9. The molecule has 0 spiro atoms. The van der Waals surface area contributed by atoms with Gasteiger partial charge in [0.2, 0.25) is 5.09 Å². The molecular weight excluding hydrogens is 272 g/mol. The Morgan fingerprint density at radius 3 is 2.58 bits per heavy atom. The fourth-order valence-corrected chi connectivity index (χ4v) is 2.46. The van der Waals surface area contributed by atoms with E-state index in [2.05, 4.69) is 9.46 Å². The number of hydrogen-bond donors (Lipinski definition) is 2. The molecule has 1 rings (SSSR count). The van der Waals surface area contributed by atoms with Crippen molar-refractivity contribution >= 4 is 16.0 Å². The van der Waals surface area contributed by atoms with Crippen LogP contribution < -0.4 is 10.5 Å². The Morgan fingerprint density at radius 2 is 2.11 bits per heavy atom. The zero-order valence-corrected chi connectivity index (χ0v) is 12.1. The second-order valence-corrected chi connectivity index (χ2v) is 6.54. The highest BCUT2D eigenvalue weighted by molar-refractivity contribution is 7.89. The normalized spacial score (nSPS) is 12.5. The van der Waals surface area contributed by atoms with Crippen LogP contribution in [0.5, 0.6) is 0 Å². The van der Waals surface area contributed by atoms with Crippen LogP contribution in [0.1, 0.15) is 30.0 Å². The zero-order valence-electron chi connectivity index (χ0n) is 11.3. The minimum atomic E-state index is -3.84. The van der Waals surface area contributed by atoms with Gasteiger partial charge >= 0.3 is 5.97 Å². The molecule has 1 aromatic rings. The Bertz CT molecular complexity index is 568. The Hall–Kier alpha value is -1.38. The lowest BCUT2D eigenvalue weighted by Gasteiger charge is -2.18. The molecule has 0 bridgehead atoms. The van der Waals surface area contributed by atoms with Crippen LogP contribution >= 0.6 is 0 Å². The van der Waals surface area contributed by atoms with Gasteiger partial charge < -0.3 is 14.9 Å². The van der Waals surface area contributed by atoms with Gasteiger partial charge in [0.05, 0.1) is 7.11 Å². The first-order valence-electron chi connectivity index (χ1n) is 5.54. The van der Waals surface area contributed by atoms with Crippen molar-refractivity contribution < 1.29 is 22.4 Å². The van der Waals surface area contributed by atoms with Gasteiger partial charge in [-0.3, -0.25) is 0 Å². The van der Waals surface area contributed by atoms with Gasteiger partial charge in [0, 0.05) is 18.2 Å². The molecule has 7 nitrogen and oxygen atoms in total. The monoisotopic (exact) mass is 290 g/mol. The van der Waals surface area contributed by atoms with Gasteiger partial charge in [0.1, 0.15) is 11.3 Å². The van der Waals surface area contributed by atoms with Crippen LogP contribution in [0.4, 0.5) is 0 Å². The maximum Gasteiger partial charge on any atom is 0.341 e. The minimum Gasteiger partial charge on any atom is -0.465 e. The van der Waals surface area contributed by atoms with Crippen LogP contribution in [0.2, 0.25) is 0 Å². The summed E-state index contributed by atoms with van der Waals surface area (Å²) < 4.78 is 35.8. The number of esters is 1. The molecular formula is C11H18N2O5S. The highest BCUT2D eigenvalue weighted by atomic mass is 32.2. The second-order valence-electron chi connectivity index (χ2n) is 4.84. The third-order valence-electron chi connectivity index (χ3n) is 2.28. The van der Waals surface area contributed by atoms with Crippen LogP contribution in [0.3, 0.4) is 0 Å². The number of carbonyl (C=O) groups excluding carboxylic acids is 1. The lowest BCUT2D eigenvalue weighted by molar-refractivity contribution is 0.0599. The summed E-state index contributed by atoms with van der Waals surface area (Å²) in [5, 5.41) is -0.338. The molecule has 0 aliphatic heterocycles. The van der Waals surface area contributed by atoms with Crippen molar-refractivity contribution in [1.82, 2.24) is 4.72 Å². The van der Waals surface area contributed by atoms with E-state index in [1.807, 2.05) is 0 Å². The van der Waals surface area contributed by atoms with Crippen molar-refractivity contribution in [3.63, 3.8) is 0 Å². The van der Waals surface area contributed by atoms with Crippen LogP contribution in [0.25, 0.3) is 0 Å². The summed E-state index contributed by atoms with van der Waals surface area (Å²) in [7, 11) is -2.63. The van der Waals surface area contributed by atoms with Crippen molar-refractivity contribution in [3.05, 3.63) is 17.4 Å². The van der Waals surface area contributed by atoms with Crippen molar-refractivity contribution in [1.29, 1.82) is 0 Å². The summed E-state index contributed by atoms with van der Waals surface area (Å²) in [4.78, 5) is 11.4. The molecule has 0 aliphatic carbocycles. The van der Waals surface area contributed by atoms with E-state index in [9.17, 15) is 13.2 Å². The van der Waals surface area contributed by atoms with Gasteiger partial charge in [0.25, 0.3) is 10.0 Å². The van der Waals surface area contributed by atoms with Crippen molar-refractivity contribution in [2.24, 2.45) is 5.73 Å². The van der Waals surface area contributed by atoms with E-state index >= 15 is 0 Å². The standard InChI is InChI=1S/C11H18N2O5S/c1-7-8(10(14)17-4)5-9(18-7)19(15,16)13-6-11(2,3)12/h5,13H,6,12H2,1-4H3. The Balaban J connectivity index is 3.00. The summed E-state index contributed by atoms with van der Waals surface area (Å²) in [5.41, 5.74) is 5.08. The third-order valence-corrected chi connectivity index (χ3v) is 3.54. The molecule has 1 heterocycles. The molecule has 1 aromatic heterocycles. The van der Waals surface area contributed by atoms with Gasteiger partial charge in [-0.25, -0.2) is 17.9 Å². The molecule has 0 saturated carbocycles. The number of rotatable bonds is 5. The van der Waals surface area contributed by atoms with E-state index in [-0.39, 0.29) is 23.0 Å². The molecule has 3 N–H and O–H groups in total. The van der Waals surface area contributed by atoms with Crippen molar-refractivity contribution in [3.8, 4) is 0 Å². The number of hydrogen-bond acceptors (Lipinski definition) is 6. The molecule has 0 radical (unpaired) electrons. The van der Waals surface area contributed by atoms with Gasteiger partial charge in [0.15, 0.2) is 0 Å². The first-order chi connectivity index (χ1) is 8.57. The third kappa shape index (κ3) is 4.05. The van der Waals surface area contributed by atoms with Crippen molar-refractivity contribution in [2.75, 3.05) is 13.7 Å². The smallest absolute Gasteiger partial charge is 0.341 e. The number of methoxy groups -OCH3 is 1. The number of carbonyl (C=O) groups is 1. The van der Waals surface area contributed by atoms with E-state index in [0.29, 0.717) is 0 Å². The van der Waals surface area contributed by atoms with E-state index in [4.69, 9.17) is 10.2 Å². The summed E-state index contributed by atoms with van der Waals surface area (Å²) >= 11 is 0. The van der Waals surface area contributed by atoms with Crippen LogP contribution in [-0.4, -0.2) is 33.6 Å². The highest BCUT2D eigenvalue weighted by Gasteiger charge is 2.25. The molecule has 0 atom stereocenters.